The summed E-state index contributed by atoms with van der Waals surface area (Å²) in [5, 5.41) is 32.5. The molecule has 0 aliphatic carbocycles. The number of carbonyl (C=O) groups is 1. The second kappa shape index (κ2) is 56.4. The number of hydrogen-bond donors (Lipinski definition) is 10. The molecule has 0 aromatic rings. The predicted octanol–water partition coefficient (Wildman–Crippen LogP) is 4.27. The third kappa shape index (κ3) is 104. The first-order valence-electron chi connectivity index (χ1n) is 16.3. The van der Waals surface area contributed by atoms with Crippen molar-refractivity contribution in [2.75, 3.05) is 62.9 Å². The monoisotopic (exact) mass is 710 g/mol. The number of carbonyl (C=O) groups excluding carboxylic acids is 1. The maximum absolute atomic E-state index is 11.7. The van der Waals surface area contributed by atoms with Crippen molar-refractivity contribution in [3.63, 3.8) is 0 Å². The standard InChI is InChI=1S/C24H45NO3.4C2H7N.ClH.H3O4P/c1-3-4-5-6-7-8-9-10-11-12-13-14-15-16-17-20-24(28)25-21-18-19-23(27)22(2)26;4*1-3-2;;1-5(2,3)4/h7-8,10-11,22-23,26-27H,3-6,9,12-21H2,1-2H3,(H,25,28);4*3H,1-2H3;1H;(H3,1,2,3,4)/b8-7-,11-10-;;;;;;. The molecule has 14 heteroatoms. The van der Waals surface area contributed by atoms with Gasteiger partial charge in [-0.1, -0.05) is 63.3 Å². The zero-order valence-corrected chi connectivity index (χ0v) is 32.7. The average molecular weight is 710 g/mol. The highest BCUT2D eigenvalue weighted by Gasteiger charge is 2.10. The fourth-order valence-corrected chi connectivity index (χ4v) is 2.97. The van der Waals surface area contributed by atoms with Crippen LogP contribution in [0.4, 0.5) is 0 Å². The lowest BCUT2D eigenvalue weighted by Crippen LogP contribution is -2.27. The van der Waals surface area contributed by atoms with Crippen molar-refractivity contribution in [1.29, 1.82) is 0 Å². The number of aliphatic hydroxyl groups is 2. The van der Waals surface area contributed by atoms with Gasteiger partial charge >= 0.3 is 7.82 Å². The highest BCUT2D eigenvalue weighted by molar-refractivity contribution is 7.45. The second-order valence-electron chi connectivity index (χ2n) is 10.3. The number of phosphoric acid groups is 1. The van der Waals surface area contributed by atoms with Crippen molar-refractivity contribution in [2.45, 2.75) is 116 Å². The Morgan fingerprint density at radius 3 is 1.43 bits per heavy atom. The molecule has 0 spiro atoms. The molecule has 12 nitrogen and oxygen atoms in total. The molecular formula is C32H77ClN5O7P. The third-order valence-corrected chi connectivity index (χ3v) is 4.91. The Labute approximate surface area is 289 Å². The first-order chi connectivity index (χ1) is 21.2. The summed E-state index contributed by atoms with van der Waals surface area (Å²) in [5.74, 6) is 0.0946. The van der Waals surface area contributed by atoms with E-state index in [9.17, 15) is 15.0 Å². The average Bonchev–Trinajstić information content (AvgIpc) is 2.94. The topological polar surface area (TPSA) is 195 Å². The highest BCUT2D eigenvalue weighted by Crippen LogP contribution is 2.25. The van der Waals surface area contributed by atoms with Gasteiger partial charge in [0.15, 0.2) is 0 Å². The molecule has 0 saturated heterocycles. The van der Waals surface area contributed by atoms with E-state index in [0.717, 1.165) is 25.7 Å². The van der Waals surface area contributed by atoms with E-state index in [0.29, 0.717) is 25.8 Å². The number of rotatable bonds is 19. The molecule has 0 aliphatic heterocycles. The molecule has 0 radical (unpaired) electrons. The third-order valence-electron chi connectivity index (χ3n) is 4.91. The van der Waals surface area contributed by atoms with Crippen molar-refractivity contribution in [1.82, 2.24) is 26.6 Å². The van der Waals surface area contributed by atoms with Gasteiger partial charge in [0.1, 0.15) is 0 Å². The van der Waals surface area contributed by atoms with Crippen LogP contribution in [0.25, 0.3) is 0 Å². The highest BCUT2D eigenvalue weighted by atomic mass is 35.5. The summed E-state index contributed by atoms with van der Waals surface area (Å²) in [4.78, 5) is 33.3. The first kappa shape index (κ1) is 60.4. The molecule has 1 amide bonds. The van der Waals surface area contributed by atoms with Crippen LogP contribution in [0, 0.1) is 0 Å². The van der Waals surface area contributed by atoms with Gasteiger partial charge in [-0.05, 0) is 115 Å². The Morgan fingerprint density at radius 1 is 0.674 bits per heavy atom. The SMILES string of the molecule is CCCCC/C=C\C/C=C\CCCCCCCC(=O)NCCCC(O)C(C)O.CNC.CNC.CNC.CNC.Cl.O=P(O)(O)O. The Balaban J connectivity index is -0.000000139. The van der Waals surface area contributed by atoms with Crippen molar-refractivity contribution in [2.24, 2.45) is 0 Å². The summed E-state index contributed by atoms with van der Waals surface area (Å²) < 4.78 is 8.88. The summed E-state index contributed by atoms with van der Waals surface area (Å²) in [6, 6.07) is 0. The van der Waals surface area contributed by atoms with Crippen LogP contribution < -0.4 is 26.6 Å². The van der Waals surface area contributed by atoms with Gasteiger partial charge in [0.05, 0.1) is 12.2 Å². The van der Waals surface area contributed by atoms with Crippen LogP contribution in [0.1, 0.15) is 104 Å². The van der Waals surface area contributed by atoms with Gasteiger partial charge in [0.2, 0.25) is 5.91 Å². The van der Waals surface area contributed by atoms with E-state index in [2.05, 4.69) is 57.8 Å². The van der Waals surface area contributed by atoms with E-state index < -0.39 is 20.0 Å². The molecule has 0 aliphatic rings. The Kier molecular flexibility index (Phi) is 74.2. The van der Waals surface area contributed by atoms with Crippen LogP contribution in [0.15, 0.2) is 24.3 Å². The van der Waals surface area contributed by atoms with Crippen LogP contribution >= 0.6 is 20.2 Å². The summed E-state index contributed by atoms with van der Waals surface area (Å²) in [6.45, 7) is 4.39. The van der Waals surface area contributed by atoms with E-state index in [1.54, 1.807) is 6.92 Å². The quantitative estimate of drug-likeness (QED) is 0.0523. The smallest absolute Gasteiger partial charge is 0.391 e. The van der Waals surface area contributed by atoms with Crippen LogP contribution in [-0.4, -0.2) is 106 Å². The van der Waals surface area contributed by atoms with Gasteiger partial charge in [-0.25, -0.2) is 4.57 Å². The summed E-state index contributed by atoms with van der Waals surface area (Å²) in [7, 11) is 10.4. The molecule has 0 aromatic heterocycles. The minimum absolute atomic E-state index is 0. The fraction of sp³-hybridized carbons (Fsp3) is 0.844. The molecule has 284 valence electrons. The van der Waals surface area contributed by atoms with E-state index in [1.165, 1.54) is 44.9 Å². The van der Waals surface area contributed by atoms with Crippen LogP contribution in [0.3, 0.4) is 0 Å². The van der Waals surface area contributed by atoms with Gasteiger partial charge in [0, 0.05) is 13.0 Å². The molecule has 0 rings (SSSR count). The molecular weight excluding hydrogens is 633 g/mol. The molecule has 0 heterocycles. The molecule has 0 saturated carbocycles. The van der Waals surface area contributed by atoms with Crippen molar-refractivity contribution in [3.8, 4) is 0 Å². The van der Waals surface area contributed by atoms with E-state index in [-0.39, 0.29) is 18.3 Å². The van der Waals surface area contributed by atoms with Gasteiger partial charge in [-0.2, -0.15) is 0 Å². The predicted molar refractivity (Wildman–Crippen MR) is 201 cm³/mol. The molecule has 2 unspecified atom stereocenters. The van der Waals surface area contributed by atoms with Crippen LogP contribution in [-0.2, 0) is 9.36 Å². The number of nitrogens with one attached hydrogen (secondary N) is 5. The molecule has 0 fully saturated rings. The Morgan fingerprint density at radius 2 is 1.04 bits per heavy atom. The molecule has 2 atom stereocenters. The first-order valence-corrected chi connectivity index (χ1v) is 17.9. The summed E-state index contributed by atoms with van der Waals surface area (Å²) in [6.07, 6.45) is 22.6. The van der Waals surface area contributed by atoms with E-state index >= 15 is 0 Å². The fourth-order valence-electron chi connectivity index (χ4n) is 2.97. The Bertz CT molecular complexity index is 613. The van der Waals surface area contributed by atoms with Gasteiger partial charge < -0.3 is 51.5 Å². The number of hydrogen-bond acceptors (Lipinski definition) is 8. The molecule has 10 N–H and O–H groups in total. The zero-order valence-electron chi connectivity index (χ0n) is 31.0. The minimum atomic E-state index is -4.64. The molecule has 0 aromatic carbocycles. The zero-order chi connectivity index (χ0) is 36.2. The van der Waals surface area contributed by atoms with Gasteiger partial charge in [0.25, 0.3) is 0 Å². The normalized spacial score (nSPS) is 11.4. The van der Waals surface area contributed by atoms with Crippen LogP contribution in [0.5, 0.6) is 0 Å². The largest absolute Gasteiger partial charge is 0.466 e. The molecule has 0 bridgehead atoms. The van der Waals surface area contributed by atoms with E-state index in [1.807, 2.05) is 56.4 Å². The number of allylic oxidation sites excluding steroid dienone is 4. The lowest BCUT2D eigenvalue weighted by molar-refractivity contribution is -0.121. The van der Waals surface area contributed by atoms with Crippen molar-refractivity contribution < 1.29 is 34.3 Å². The number of aliphatic hydroxyl groups excluding tert-OH is 2. The number of unbranched alkanes of at least 4 members (excludes halogenated alkanes) is 8. The molecule has 46 heavy (non-hydrogen) atoms. The maximum atomic E-state index is 11.7. The van der Waals surface area contributed by atoms with Crippen molar-refractivity contribution >= 4 is 26.1 Å². The minimum Gasteiger partial charge on any atom is -0.391 e. The second-order valence-corrected chi connectivity index (χ2v) is 11.3. The van der Waals surface area contributed by atoms with Crippen molar-refractivity contribution in [3.05, 3.63) is 24.3 Å². The van der Waals surface area contributed by atoms with E-state index in [4.69, 9.17) is 19.2 Å². The number of halogens is 1. The lowest BCUT2D eigenvalue weighted by Gasteiger charge is -2.13. The maximum Gasteiger partial charge on any atom is 0.466 e. The Hall–Kier alpha value is -0.890. The lowest BCUT2D eigenvalue weighted by atomic mass is 10.1. The number of amides is 1. The summed E-state index contributed by atoms with van der Waals surface area (Å²) >= 11 is 0. The summed E-state index contributed by atoms with van der Waals surface area (Å²) in [5.41, 5.74) is 0. The van der Waals surface area contributed by atoms with Gasteiger partial charge in [-0.3, -0.25) is 4.79 Å². The van der Waals surface area contributed by atoms with Crippen LogP contribution in [0.2, 0.25) is 0 Å². The van der Waals surface area contributed by atoms with Gasteiger partial charge in [-0.15, -0.1) is 12.4 Å².